The number of nitrogens with one attached hydrogen (secondary N) is 1. The minimum atomic E-state index is 0.00641. The number of urea groups is 1. The highest BCUT2D eigenvalue weighted by Crippen LogP contribution is 2.32. The van der Waals surface area contributed by atoms with Crippen LogP contribution in [0.15, 0.2) is 30.5 Å². The molecule has 5 nitrogen and oxygen atoms in total. The van der Waals surface area contributed by atoms with Crippen molar-refractivity contribution in [3.63, 3.8) is 0 Å². The lowest BCUT2D eigenvalue weighted by Gasteiger charge is -2.26. The minimum Gasteiger partial charge on any atom is -0.332 e. The summed E-state index contributed by atoms with van der Waals surface area (Å²) >= 11 is 0. The van der Waals surface area contributed by atoms with Crippen molar-refractivity contribution < 1.29 is 4.79 Å². The molecule has 1 atom stereocenters. The Balaban J connectivity index is 1.69. The standard InChI is InChI=1S/C18H24N4O/c1-13-6-7-15(11-14(13)2)17-5-4-10-22(17)18(23)19-12-16-8-9-20-21(16)3/h6-9,11,17H,4-5,10,12H2,1-3H3,(H,19,23). The van der Waals surface area contributed by atoms with E-state index in [9.17, 15) is 4.79 Å². The number of likely N-dealkylation sites (tertiary alicyclic amines) is 1. The van der Waals surface area contributed by atoms with Gasteiger partial charge in [-0.1, -0.05) is 18.2 Å². The average molecular weight is 312 g/mol. The monoisotopic (exact) mass is 312 g/mol. The molecular formula is C18H24N4O. The Morgan fingerprint density at radius 1 is 1.30 bits per heavy atom. The molecule has 1 aliphatic rings. The van der Waals surface area contributed by atoms with Crippen molar-refractivity contribution in [1.29, 1.82) is 0 Å². The van der Waals surface area contributed by atoms with Crippen molar-refractivity contribution in [2.75, 3.05) is 6.54 Å². The molecule has 0 bridgehead atoms. The number of benzene rings is 1. The number of carbonyl (C=O) groups is 1. The molecule has 0 saturated carbocycles. The molecule has 2 amide bonds. The molecule has 1 unspecified atom stereocenters. The van der Waals surface area contributed by atoms with E-state index in [-0.39, 0.29) is 12.1 Å². The van der Waals surface area contributed by atoms with E-state index >= 15 is 0 Å². The van der Waals surface area contributed by atoms with Crippen molar-refractivity contribution in [3.8, 4) is 0 Å². The fraction of sp³-hybridized carbons (Fsp3) is 0.444. The molecule has 2 aromatic rings. The summed E-state index contributed by atoms with van der Waals surface area (Å²) in [5.41, 5.74) is 4.81. The Morgan fingerprint density at radius 2 is 2.13 bits per heavy atom. The van der Waals surface area contributed by atoms with Crippen molar-refractivity contribution in [1.82, 2.24) is 20.0 Å². The lowest BCUT2D eigenvalue weighted by molar-refractivity contribution is 0.192. The van der Waals surface area contributed by atoms with Crippen molar-refractivity contribution >= 4 is 6.03 Å². The summed E-state index contributed by atoms with van der Waals surface area (Å²) in [5.74, 6) is 0. The molecule has 1 fully saturated rings. The van der Waals surface area contributed by atoms with Gasteiger partial charge in [0.15, 0.2) is 0 Å². The summed E-state index contributed by atoms with van der Waals surface area (Å²) in [6, 6.07) is 8.62. The van der Waals surface area contributed by atoms with Gasteiger partial charge in [0, 0.05) is 19.8 Å². The van der Waals surface area contributed by atoms with E-state index in [1.54, 1.807) is 10.9 Å². The van der Waals surface area contributed by atoms with Gasteiger partial charge in [0.1, 0.15) is 0 Å². The number of rotatable bonds is 3. The van der Waals surface area contributed by atoms with E-state index in [0.717, 1.165) is 25.1 Å². The highest BCUT2D eigenvalue weighted by molar-refractivity contribution is 5.75. The Hall–Kier alpha value is -2.30. The molecule has 1 aliphatic heterocycles. The van der Waals surface area contributed by atoms with Gasteiger partial charge in [0.05, 0.1) is 18.3 Å². The topological polar surface area (TPSA) is 50.2 Å². The lowest BCUT2D eigenvalue weighted by Crippen LogP contribution is -2.39. The van der Waals surface area contributed by atoms with Gasteiger partial charge in [-0.25, -0.2) is 4.79 Å². The normalized spacial score (nSPS) is 17.5. The van der Waals surface area contributed by atoms with E-state index in [4.69, 9.17) is 0 Å². The SMILES string of the molecule is Cc1ccc(C2CCCN2C(=O)NCc2ccnn2C)cc1C. The minimum absolute atomic E-state index is 0.00641. The van der Waals surface area contributed by atoms with Crippen LogP contribution >= 0.6 is 0 Å². The first kappa shape index (κ1) is 15.6. The van der Waals surface area contributed by atoms with Gasteiger partial charge in [-0.15, -0.1) is 0 Å². The van der Waals surface area contributed by atoms with Crippen LogP contribution in [0.1, 0.15) is 41.3 Å². The fourth-order valence-electron chi connectivity index (χ4n) is 3.17. The number of aromatic nitrogens is 2. The molecule has 0 spiro atoms. The lowest BCUT2D eigenvalue weighted by atomic mass is 9.99. The van der Waals surface area contributed by atoms with Gasteiger partial charge in [-0.2, -0.15) is 5.10 Å². The van der Waals surface area contributed by atoms with Gasteiger partial charge in [-0.05, 0) is 49.4 Å². The van der Waals surface area contributed by atoms with Crippen LogP contribution in [0, 0.1) is 13.8 Å². The summed E-state index contributed by atoms with van der Waals surface area (Å²) < 4.78 is 1.78. The van der Waals surface area contributed by atoms with Crippen LogP contribution in [0.5, 0.6) is 0 Å². The molecule has 0 aliphatic carbocycles. The van der Waals surface area contributed by atoms with E-state index in [1.165, 1.54) is 16.7 Å². The third-order valence-corrected chi connectivity index (χ3v) is 4.77. The number of carbonyl (C=O) groups excluding carboxylic acids is 1. The highest BCUT2D eigenvalue weighted by atomic mass is 16.2. The maximum atomic E-state index is 12.6. The summed E-state index contributed by atoms with van der Waals surface area (Å²) in [7, 11) is 1.88. The van der Waals surface area contributed by atoms with Gasteiger partial charge in [0.25, 0.3) is 0 Å². The number of aryl methyl sites for hydroxylation is 3. The molecule has 0 radical (unpaired) electrons. The molecule has 1 aromatic carbocycles. The van der Waals surface area contributed by atoms with Crippen molar-refractivity contribution in [2.24, 2.45) is 7.05 Å². The first-order valence-corrected chi connectivity index (χ1v) is 8.15. The zero-order chi connectivity index (χ0) is 16.4. The maximum Gasteiger partial charge on any atom is 0.318 e. The Morgan fingerprint density at radius 3 is 2.83 bits per heavy atom. The maximum absolute atomic E-state index is 12.6. The second-order valence-electron chi connectivity index (χ2n) is 6.30. The van der Waals surface area contributed by atoms with Crippen molar-refractivity contribution in [3.05, 3.63) is 52.8 Å². The molecule has 1 N–H and O–H groups in total. The van der Waals surface area contributed by atoms with Crippen LogP contribution in [-0.4, -0.2) is 27.3 Å². The zero-order valence-electron chi connectivity index (χ0n) is 14.0. The molecule has 1 saturated heterocycles. The van der Waals surface area contributed by atoms with Gasteiger partial charge in [0.2, 0.25) is 0 Å². The Kier molecular flexibility index (Phi) is 4.37. The van der Waals surface area contributed by atoms with Crippen molar-refractivity contribution in [2.45, 2.75) is 39.3 Å². The number of hydrogen-bond donors (Lipinski definition) is 1. The zero-order valence-corrected chi connectivity index (χ0v) is 14.0. The van der Waals surface area contributed by atoms with Crippen LogP contribution in [0.4, 0.5) is 4.79 Å². The molecule has 5 heteroatoms. The molecule has 23 heavy (non-hydrogen) atoms. The summed E-state index contributed by atoms with van der Waals surface area (Å²) in [5, 5.41) is 7.14. The van der Waals surface area contributed by atoms with E-state index in [2.05, 4.69) is 42.5 Å². The molecular weight excluding hydrogens is 288 g/mol. The summed E-state index contributed by atoms with van der Waals surface area (Å²) in [6.07, 6.45) is 3.83. The smallest absolute Gasteiger partial charge is 0.318 e. The molecule has 1 aromatic heterocycles. The Labute approximate surface area is 137 Å². The highest BCUT2D eigenvalue weighted by Gasteiger charge is 2.30. The van der Waals surface area contributed by atoms with Crippen LogP contribution in [0.3, 0.4) is 0 Å². The fourth-order valence-corrected chi connectivity index (χ4v) is 3.17. The summed E-state index contributed by atoms with van der Waals surface area (Å²) in [6.45, 7) is 5.56. The van der Waals surface area contributed by atoms with Crippen LogP contribution < -0.4 is 5.32 Å². The van der Waals surface area contributed by atoms with E-state index in [1.807, 2.05) is 18.0 Å². The van der Waals surface area contributed by atoms with E-state index < -0.39 is 0 Å². The Bertz CT molecular complexity index is 707. The van der Waals surface area contributed by atoms with Gasteiger partial charge >= 0.3 is 6.03 Å². The second-order valence-corrected chi connectivity index (χ2v) is 6.30. The van der Waals surface area contributed by atoms with Crippen LogP contribution in [-0.2, 0) is 13.6 Å². The number of nitrogens with zero attached hydrogens (tertiary/aromatic N) is 3. The first-order valence-electron chi connectivity index (χ1n) is 8.15. The first-order chi connectivity index (χ1) is 11.1. The van der Waals surface area contributed by atoms with Crippen LogP contribution in [0.2, 0.25) is 0 Å². The number of amides is 2. The molecule has 122 valence electrons. The number of hydrogen-bond acceptors (Lipinski definition) is 2. The predicted molar refractivity (Wildman–Crippen MR) is 90.0 cm³/mol. The van der Waals surface area contributed by atoms with Gasteiger partial charge < -0.3 is 10.2 Å². The third-order valence-electron chi connectivity index (χ3n) is 4.77. The third kappa shape index (κ3) is 3.23. The predicted octanol–water partition coefficient (Wildman–Crippen LogP) is 3.08. The largest absolute Gasteiger partial charge is 0.332 e. The summed E-state index contributed by atoms with van der Waals surface area (Å²) in [4.78, 5) is 14.5. The average Bonchev–Trinajstić information content (AvgIpc) is 3.17. The molecule has 3 rings (SSSR count). The quantitative estimate of drug-likeness (QED) is 0.947. The van der Waals surface area contributed by atoms with Gasteiger partial charge in [-0.3, -0.25) is 4.68 Å². The molecule has 2 heterocycles. The van der Waals surface area contributed by atoms with E-state index in [0.29, 0.717) is 6.54 Å². The van der Waals surface area contributed by atoms with Crippen LogP contribution in [0.25, 0.3) is 0 Å². The second kappa shape index (κ2) is 6.44.